The van der Waals surface area contributed by atoms with Gasteiger partial charge in [0, 0.05) is 26.2 Å². The lowest BCUT2D eigenvalue weighted by atomic mass is 10.2. The highest BCUT2D eigenvalue weighted by atomic mass is 35.5. The zero-order valence-electron chi connectivity index (χ0n) is 13.1. The van der Waals surface area contributed by atoms with E-state index in [1.165, 1.54) is 4.31 Å². The lowest BCUT2D eigenvalue weighted by Gasteiger charge is -2.24. The molecule has 0 saturated carbocycles. The van der Waals surface area contributed by atoms with Crippen LogP contribution < -0.4 is 5.32 Å². The van der Waals surface area contributed by atoms with Gasteiger partial charge in [-0.3, -0.25) is 4.79 Å². The van der Waals surface area contributed by atoms with Gasteiger partial charge >= 0.3 is 0 Å². The third kappa shape index (κ3) is 4.23. The van der Waals surface area contributed by atoms with Gasteiger partial charge < -0.3 is 10.2 Å². The summed E-state index contributed by atoms with van der Waals surface area (Å²) in [6.45, 7) is 2.68. The molecule has 136 valence electrons. The van der Waals surface area contributed by atoms with E-state index in [9.17, 15) is 13.2 Å². The number of sulfonamides is 1. The predicted octanol–water partition coefficient (Wildman–Crippen LogP) is 1.80. The molecule has 2 aliphatic heterocycles. The van der Waals surface area contributed by atoms with Gasteiger partial charge in [0.05, 0.1) is 10.4 Å². The van der Waals surface area contributed by atoms with Gasteiger partial charge in [0.2, 0.25) is 5.91 Å². The van der Waals surface area contributed by atoms with Crippen molar-refractivity contribution in [2.24, 2.45) is 0 Å². The number of carbonyl (C=O) groups excluding carboxylic acids is 1. The Morgan fingerprint density at radius 1 is 1.21 bits per heavy atom. The van der Waals surface area contributed by atoms with Gasteiger partial charge in [-0.2, -0.15) is 4.31 Å². The van der Waals surface area contributed by atoms with E-state index in [4.69, 9.17) is 11.6 Å². The van der Waals surface area contributed by atoms with Gasteiger partial charge in [-0.25, -0.2) is 8.42 Å². The number of halogens is 2. The summed E-state index contributed by atoms with van der Waals surface area (Å²) in [6.07, 6.45) is 2.53. The maximum atomic E-state index is 12.6. The number of carbonyl (C=O) groups is 1. The van der Waals surface area contributed by atoms with E-state index < -0.39 is 10.0 Å². The van der Waals surface area contributed by atoms with Crippen molar-refractivity contribution in [3.8, 4) is 0 Å². The maximum absolute atomic E-state index is 12.6. The van der Waals surface area contributed by atoms with E-state index in [1.54, 1.807) is 17.0 Å². The molecular weight excluding hydrogens is 393 g/mol. The molecular formula is C14H21Cl2N3O3S2. The van der Waals surface area contributed by atoms with E-state index in [0.29, 0.717) is 36.9 Å². The van der Waals surface area contributed by atoms with Crippen molar-refractivity contribution in [2.45, 2.75) is 29.5 Å². The van der Waals surface area contributed by atoms with Crippen LogP contribution >= 0.6 is 35.3 Å². The molecule has 0 radical (unpaired) electrons. The molecule has 1 unspecified atom stereocenters. The second-order valence-electron chi connectivity index (χ2n) is 5.79. The van der Waals surface area contributed by atoms with Crippen LogP contribution in [0.15, 0.2) is 16.3 Å². The first-order chi connectivity index (χ1) is 11.0. The van der Waals surface area contributed by atoms with E-state index >= 15 is 0 Å². The third-order valence-corrected chi connectivity index (χ3v) is 7.86. The number of hydrogen-bond acceptors (Lipinski definition) is 5. The van der Waals surface area contributed by atoms with E-state index in [0.717, 1.165) is 30.7 Å². The summed E-state index contributed by atoms with van der Waals surface area (Å²) in [7, 11) is -3.52. The summed E-state index contributed by atoms with van der Waals surface area (Å²) < 4.78 is 27.5. The normalized spacial score (nSPS) is 22.9. The molecule has 1 N–H and O–H groups in total. The molecule has 2 fully saturated rings. The van der Waals surface area contributed by atoms with Gasteiger partial charge in [0.25, 0.3) is 10.0 Å². The summed E-state index contributed by atoms with van der Waals surface area (Å²) in [5, 5.41) is 3.21. The lowest BCUT2D eigenvalue weighted by Crippen LogP contribution is -2.45. The van der Waals surface area contributed by atoms with Crippen molar-refractivity contribution < 1.29 is 13.2 Å². The summed E-state index contributed by atoms with van der Waals surface area (Å²) in [6, 6.07) is 3.03. The molecule has 3 heterocycles. The summed E-state index contributed by atoms with van der Waals surface area (Å²) in [5.41, 5.74) is 0. The Labute approximate surface area is 157 Å². The quantitative estimate of drug-likeness (QED) is 0.819. The molecule has 6 nitrogen and oxygen atoms in total. The number of nitrogens with one attached hydrogen (secondary N) is 1. The molecule has 1 atom stereocenters. The lowest BCUT2D eigenvalue weighted by molar-refractivity contribution is -0.132. The zero-order chi connectivity index (χ0) is 16.4. The minimum absolute atomic E-state index is 0. The molecule has 0 aliphatic carbocycles. The van der Waals surface area contributed by atoms with Gasteiger partial charge in [0.1, 0.15) is 4.21 Å². The SMILES string of the molecule is Cl.O=C(C1CCCN1)N1CCCN(S(=O)(=O)c2ccc(Cl)s2)CC1. The predicted molar refractivity (Wildman–Crippen MR) is 97.6 cm³/mol. The van der Waals surface area contributed by atoms with E-state index in [2.05, 4.69) is 5.32 Å². The monoisotopic (exact) mass is 413 g/mol. The molecule has 1 aromatic rings. The molecule has 2 aliphatic rings. The fourth-order valence-corrected chi connectivity index (χ4v) is 6.14. The van der Waals surface area contributed by atoms with Crippen molar-refractivity contribution >= 4 is 51.3 Å². The van der Waals surface area contributed by atoms with Crippen LogP contribution in [0.1, 0.15) is 19.3 Å². The Morgan fingerprint density at radius 3 is 2.62 bits per heavy atom. The molecule has 0 bridgehead atoms. The Morgan fingerprint density at radius 2 is 2.00 bits per heavy atom. The van der Waals surface area contributed by atoms with Crippen molar-refractivity contribution in [1.82, 2.24) is 14.5 Å². The van der Waals surface area contributed by atoms with Crippen molar-refractivity contribution in [1.29, 1.82) is 0 Å². The summed E-state index contributed by atoms with van der Waals surface area (Å²) in [5.74, 6) is 0.0981. The highest BCUT2D eigenvalue weighted by molar-refractivity contribution is 7.91. The van der Waals surface area contributed by atoms with Crippen LogP contribution in [0.4, 0.5) is 0 Å². The van der Waals surface area contributed by atoms with Crippen LogP contribution in [0.25, 0.3) is 0 Å². The molecule has 0 spiro atoms. The van der Waals surface area contributed by atoms with Gasteiger partial charge in [-0.1, -0.05) is 11.6 Å². The van der Waals surface area contributed by atoms with Gasteiger partial charge in [0.15, 0.2) is 0 Å². The Balaban J connectivity index is 0.00000208. The Kier molecular flexibility index (Phi) is 6.92. The molecule has 1 aromatic heterocycles. The average Bonchev–Trinajstić information content (AvgIpc) is 3.13. The smallest absolute Gasteiger partial charge is 0.252 e. The first kappa shape index (κ1) is 19.9. The molecule has 10 heteroatoms. The number of hydrogen-bond donors (Lipinski definition) is 1. The minimum atomic E-state index is -3.52. The van der Waals surface area contributed by atoms with Gasteiger partial charge in [-0.05, 0) is 37.9 Å². The number of amides is 1. The average molecular weight is 414 g/mol. The highest BCUT2D eigenvalue weighted by Crippen LogP contribution is 2.28. The van der Waals surface area contributed by atoms with E-state index in [-0.39, 0.29) is 28.6 Å². The van der Waals surface area contributed by atoms with Crippen LogP contribution in [0.5, 0.6) is 0 Å². The van der Waals surface area contributed by atoms with Crippen LogP contribution in [0, 0.1) is 0 Å². The first-order valence-electron chi connectivity index (χ1n) is 7.76. The summed E-state index contributed by atoms with van der Waals surface area (Å²) in [4.78, 5) is 14.3. The molecule has 0 aromatic carbocycles. The Bertz CT molecular complexity index is 675. The fraction of sp³-hybridized carbons (Fsp3) is 0.643. The standard InChI is InChI=1S/C14H20ClN3O3S2.ClH/c15-12-4-5-13(22-12)23(20,21)18-8-2-7-17(9-10-18)14(19)11-3-1-6-16-11;/h4-5,11,16H,1-3,6-10H2;1H. The Hall–Kier alpha value is -0.380. The van der Waals surface area contributed by atoms with E-state index in [1.807, 2.05) is 0 Å². The fourth-order valence-electron chi connectivity index (χ4n) is 3.03. The van der Waals surface area contributed by atoms with Crippen LogP contribution in [0.3, 0.4) is 0 Å². The second kappa shape index (κ2) is 8.33. The number of thiophene rings is 1. The topological polar surface area (TPSA) is 69.7 Å². The molecule has 24 heavy (non-hydrogen) atoms. The van der Waals surface area contributed by atoms with Crippen LogP contribution in [0.2, 0.25) is 4.34 Å². The number of rotatable bonds is 3. The minimum Gasteiger partial charge on any atom is -0.340 e. The van der Waals surface area contributed by atoms with Gasteiger partial charge in [-0.15, -0.1) is 23.7 Å². The largest absolute Gasteiger partial charge is 0.340 e. The third-order valence-electron chi connectivity index (χ3n) is 4.27. The first-order valence-corrected chi connectivity index (χ1v) is 10.4. The highest BCUT2D eigenvalue weighted by Gasteiger charge is 2.32. The van der Waals surface area contributed by atoms with Crippen molar-refractivity contribution in [3.05, 3.63) is 16.5 Å². The zero-order valence-corrected chi connectivity index (χ0v) is 16.3. The second-order valence-corrected chi connectivity index (χ2v) is 9.67. The van der Waals surface area contributed by atoms with Crippen LogP contribution in [-0.2, 0) is 14.8 Å². The van der Waals surface area contributed by atoms with Crippen molar-refractivity contribution in [2.75, 3.05) is 32.7 Å². The molecule has 3 rings (SSSR count). The molecule has 2 saturated heterocycles. The van der Waals surface area contributed by atoms with Crippen molar-refractivity contribution in [3.63, 3.8) is 0 Å². The van der Waals surface area contributed by atoms with Crippen LogP contribution in [-0.4, -0.2) is 62.3 Å². The number of nitrogens with zero attached hydrogens (tertiary/aromatic N) is 2. The molecule has 1 amide bonds. The summed E-state index contributed by atoms with van der Waals surface area (Å²) >= 11 is 6.92. The maximum Gasteiger partial charge on any atom is 0.252 e.